The van der Waals surface area contributed by atoms with Crippen molar-refractivity contribution in [2.45, 2.75) is 67.7 Å². The highest BCUT2D eigenvalue weighted by Gasteiger charge is 2.73. The van der Waals surface area contributed by atoms with Crippen LogP contribution in [0.2, 0.25) is 0 Å². The number of phenols is 1. The number of aliphatic hydroxyl groups is 1. The smallest absolute Gasteiger partial charge is 0.247 e. The van der Waals surface area contributed by atoms with E-state index in [2.05, 4.69) is 27.5 Å². The van der Waals surface area contributed by atoms with Gasteiger partial charge in [-0.15, -0.1) is 0 Å². The largest absolute Gasteiger partial charge is 0.504 e. The van der Waals surface area contributed by atoms with Gasteiger partial charge in [0.1, 0.15) is 6.10 Å². The molecule has 1 amide bonds. The van der Waals surface area contributed by atoms with Gasteiger partial charge in [0.15, 0.2) is 11.5 Å². The van der Waals surface area contributed by atoms with Crippen LogP contribution in [0.1, 0.15) is 48.8 Å². The monoisotopic (exact) mass is 612 g/mol. The van der Waals surface area contributed by atoms with E-state index in [0.717, 1.165) is 43.0 Å². The van der Waals surface area contributed by atoms with Crippen molar-refractivity contribution < 1.29 is 19.7 Å². The number of phenolic OH excluding ortho intramolecular Hbond substituents is 1. The van der Waals surface area contributed by atoms with Crippen LogP contribution in [0.5, 0.6) is 11.5 Å². The zero-order valence-electron chi connectivity index (χ0n) is 20.9. The van der Waals surface area contributed by atoms with E-state index < -0.39 is 11.0 Å². The Morgan fingerprint density at radius 1 is 1.16 bits per heavy atom. The number of nitrogens with zero attached hydrogens (tertiary/aromatic N) is 2. The molecule has 5 aliphatic rings. The Morgan fingerprint density at radius 2 is 1.97 bits per heavy atom. The maximum Gasteiger partial charge on any atom is 0.247 e. The number of benzene rings is 2. The molecule has 5 atom stereocenters. The number of amides is 1. The minimum atomic E-state index is -0.937. The number of alkyl halides is 1. The lowest BCUT2D eigenvalue weighted by molar-refractivity contribution is -0.200. The van der Waals surface area contributed by atoms with Crippen molar-refractivity contribution in [1.82, 2.24) is 9.80 Å². The van der Waals surface area contributed by atoms with E-state index in [9.17, 15) is 15.0 Å². The number of aromatic hydroxyl groups is 1. The molecule has 2 N–H and O–H groups in total. The molecule has 3 fully saturated rings. The first-order chi connectivity index (χ1) is 18.0. The second-order valence-electron chi connectivity index (χ2n) is 11.6. The van der Waals surface area contributed by atoms with Gasteiger partial charge in [0, 0.05) is 24.2 Å². The summed E-state index contributed by atoms with van der Waals surface area (Å²) in [4.78, 5) is 18.0. The van der Waals surface area contributed by atoms with Gasteiger partial charge in [0.25, 0.3) is 0 Å². The predicted octanol–water partition coefficient (Wildman–Crippen LogP) is 4.26. The Hall–Kier alpha value is -2.10. The first kappa shape index (κ1) is 24.0. The van der Waals surface area contributed by atoms with Gasteiger partial charge in [-0.25, -0.2) is 0 Å². The summed E-state index contributed by atoms with van der Waals surface area (Å²) in [6.07, 6.45) is 8.57. The van der Waals surface area contributed by atoms with Gasteiger partial charge < -0.3 is 19.8 Å². The van der Waals surface area contributed by atoms with Gasteiger partial charge >= 0.3 is 0 Å². The zero-order chi connectivity index (χ0) is 25.4. The SMILES string of the molecule is O=C(/C=C/c1ccccc1)N(CI)[C@@H]1CC[C@@]2(O)[C@H]3Cc4ccc(O)c5c4[C@@]2(CCN3CC2CC2)[C@H]1O5. The number of hydrogen-bond donors (Lipinski definition) is 2. The van der Waals surface area contributed by atoms with Crippen LogP contribution in [0.4, 0.5) is 0 Å². The normalized spacial score (nSPS) is 33.7. The van der Waals surface area contributed by atoms with E-state index in [1.165, 1.54) is 18.4 Å². The second-order valence-corrected chi connectivity index (χ2v) is 12.3. The van der Waals surface area contributed by atoms with Crippen molar-refractivity contribution in [2.24, 2.45) is 5.92 Å². The molecule has 37 heavy (non-hydrogen) atoms. The molecule has 0 radical (unpaired) electrons. The van der Waals surface area contributed by atoms with Crippen LogP contribution in [0.15, 0.2) is 48.5 Å². The minimum absolute atomic E-state index is 0.0404. The molecule has 1 saturated heterocycles. The lowest BCUT2D eigenvalue weighted by Gasteiger charge is -2.64. The number of hydrogen-bond acceptors (Lipinski definition) is 5. The topological polar surface area (TPSA) is 73.2 Å². The number of piperidine rings is 1. The third-order valence-electron chi connectivity index (χ3n) is 9.76. The number of ether oxygens (including phenoxy) is 1. The van der Waals surface area contributed by atoms with E-state index >= 15 is 0 Å². The maximum atomic E-state index is 13.5. The number of rotatable bonds is 6. The summed E-state index contributed by atoms with van der Waals surface area (Å²) in [5.41, 5.74) is 1.62. The van der Waals surface area contributed by atoms with E-state index in [4.69, 9.17) is 4.74 Å². The van der Waals surface area contributed by atoms with Crippen LogP contribution in [0.25, 0.3) is 6.08 Å². The van der Waals surface area contributed by atoms with Gasteiger partial charge in [-0.05, 0) is 74.3 Å². The summed E-state index contributed by atoms with van der Waals surface area (Å²) in [7, 11) is 0. The highest BCUT2D eigenvalue weighted by molar-refractivity contribution is 14.1. The van der Waals surface area contributed by atoms with Crippen molar-refractivity contribution in [3.8, 4) is 11.5 Å². The molecule has 7 rings (SSSR count). The third kappa shape index (κ3) is 3.46. The Morgan fingerprint density at radius 3 is 2.73 bits per heavy atom. The van der Waals surface area contributed by atoms with Crippen molar-refractivity contribution in [3.05, 3.63) is 65.2 Å². The molecule has 7 heteroatoms. The number of halogens is 1. The van der Waals surface area contributed by atoms with Crippen molar-refractivity contribution >= 4 is 34.6 Å². The van der Waals surface area contributed by atoms with Gasteiger partial charge in [0.05, 0.1) is 21.6 Å². The van der Waals surface area contributed by atoms with Crippen molar-refractivity contribution in [2.75, 3.05) is 17.6 Å². The van der Waals surface area contributed by atoms with Crippen molar-refractivity contribution in [3.63, 3.8) is 0 Å². The first-order valence-electron chi connectivity index (χ1n) is 13.5. The fraction of sp³-hybridized carbons (Fsp3) is 0.500. The number of carbonyl (C=O) groups excluding carboxylic acids is 1. The molecule has 2 aliphatic heterocycles. The zero-order valence-corrected chi connectivity index (χ0v) is 23.0. The minimum Gasteiger partial charge on any atom is -0.504 e. The highest BCUT2D eigenvalue weighted by Crippen LogP contribution is 2.66. The quantitative estimate of drug-likeness (QED) is 0.221. The Bertz CT molecular complexity index is 1260. The molecular formula is C30H33IN2O4. The Balaban J connectivity index is 1.28. The molecule has 2 heterocycles. The lowest BCUT2D eigenvalue weighted by atomic mass is 9.48. The fourth-order valence-corrected chi connectivity index (χ4v) is 8.76. The predicted molar refractivity (Wildman–Crippen MR) is 150 cm³/mol. The van der Waals surface area contributed by atoms with Crippen LogP contribution in [-0.4, -0.2) is 67.3 Å². The molecule has 0 unspecified atom stereocenters. The average molecular weight is 613 g/mol. The van der Waals surface area contributed by atoms with Gasteiger partial charge in [-0.3, -0.25) is 9.69 Å². The van der Waals surface area contributed by atoms with Crippen LogP contribution < -0.4 is 4.74 Å². The highest BCUT2D eigenvalue weighted by atomic mass is 127. The number of likely N-dealkylation sites (tertiary alicyclic amines) is 1. The summed E-state index contributed by atoms with van der Waals surface area (Å²) in [6, 6.07) is 13.5. The van der Waals surface area contributed by atoms with E-state index in [-0.39, 0.29) is 29.8 Å². The van der Waals surface area contributed by atoms with Gasteiger partial charge in [-0.1, -0.05) is 59.0 Å². The summed E-state index contributed by atoms with van der Waals surface area (Å²) in [6.45, 7) is 1.97. The molecule has 194 valence electrons. The lowest BCUT2D eigenvalue weighted by Crippen LogP contribution is -2.78. The molecule has 1 spiro atoms. The standard InChI is InChI=1S/C30H33IN2O4/c31-18-33(25(35)11-8-19-4-2-1-3-5-19)22-12-13-30(36)24-16-21-9-10-23(34)27-26(21)29(30,28(22)37-27)14-15-32(24)17-20-6-7-20/h1-5,8-11,20,22,24,28,34,36H,6-7,12-18H2/b11-8+/t22-,24-,28+,29+,30-/m1/s1. The second kappa shape index (κ2) is 8.71. The van der Waals surface area contributed by atoms with Crippen LogP contribution in [0.3, 0.4) is 0 Å². The maximum absolute atomic E-state index is 13.5. The van der Waals surface area contributed by atoms with E-state index in [0.29, 0.717) is 23.1 Å². The number of carbonyl (C=O) groups is 1. The molecule has 2 bridgehead atoms. The average Bonchev–Trinajstić information content (AvgIpc) is 3.65. The molecule has 6 nitrogen and oxygen atoms in total. The Kier molecular flexibility index (Phi) is 5.65. The van der Waals surface area contributed by atoms with Crippen LogP contribution >= 0.6 is 22.6 Å². The molecule has 3 aliphatic carbocycles. The molecular weight excluding hydrogens is 579 g/mol. The summed E-state index contributed by atoms with van der Waals surface area (Å²) in [5.74, 6) is 1.37. The first-order valence-corrected chi connectivity index (χ1v) is 15.1. The fourth-order valence-electron chi connectivity index (χ4n) is 7.91. The van der Waals surface area contributed by atoms with Gasteiger partial charge in [0.2, 0.25) is 5.91 Å². The molecule has 2 saturated carbocycles. The van der Waals surface area contributed by atoms with Crippen molar-refractivity contribution in [1.29, 1.82) is 0 Å². The van der Waals surface area contributed by atoms with E-state index in [1.807, 2.05) is 47.4 Å². The van der Waals surface area contributed by atoms with Crippen LogP contribution in [0, 0.1) is 5.92 Å². The molecule has 2 aromatic rings. The Labute approximate surface area is 231 Å². The van der Waals surface area contributed by atoms with Gasteiger partial charge in [-0.2, -0.15) is 0 Å². The summed E-state index contributed by atoms with van der Waals surface area (Å²) < 4.78 is 7.19. The molecule has 2 aromatic carbocycles. The van der Waals surface area contributed by atoms with Crippen LogP contribution in [-0.2, 0) is 16.6 Å². The summed E-state index contributed by atoms with van der Waals surface area (Å²) in [5, 5.41) is 23.5. The van der Waals surface area contributed by atoms with E-state index in [1.54, 1.807) is 12.1 Å². The molecule has 0 aromatic heterocycles. The third-order valence-corrected chi connectivity index (χ3v) is 10.5. The summed E-state index contributed by atoms with van der Waals surface area (Å²) >= 11 is 2.27.